The van der Waals surface area contributed by atoms with Crippen LogP contribution in [0.2, 0.25) is 0 Å². The molecule has 0 atom stereocenters. The Bertz CT molecular complexity index is 984. The molecule has 3 aromatic carbocycles. The summed E-state index contributed by atoms with van der Waals surface area (Å²) in [6.45, 7) is 2.71. The second-order valence-electron chi connectivity index (χ2n) is 6.28. The maximum Gasteiger partial charge on any atom is 0.0991 e. The third-order valence-electron chi connectivity index (χ3n) is 4.96. The minimum absolute atomic E-state index is 0.741. The lowest BCUT2D eigenvalue weighted by atomic mass is 9.96. The molecule has 2 aliphatic rings. The van der Waals surface area contributed by atoms with E-state index >= 15 is 0 Å². The fourth-order valence-electron chi connectivity index (χ4n) is 3.90. The Balaban J connectivity index is 1.69. The highest BCUT2D eigenvalue weighted by molar-refractivity contribution is 5.91. The van der Waals surface area contributed by atoms with E-state index < -0.39 is 0 Å². The minimum Gasteiger partial charge on any atom is -0.349 e. The van der Waals surface area contributed by atoms with Crippen LogP contribution >= 0.6 is 0 Å². The Kier molecular flexibility index (Phi) is 2.46. The predicted octanol–water partition coefficient (Wildman–Crippen LogP) is 4.01. The molecule has 3 nitrogen and oxygen atoms in total. The first-order valence-electron chi connectivity index (χ1n) is 7.87. The molecule has 2 bridgehead atoms. The Labute approximate surface area is 135 Å². The van der Waals surface area contributed by atoms with Gasteiger partial charge in [-0.1, -0.05) is 30.3 Å². The molecule has 0 aromatic heterocycles. The number of rotatable bonds is 0. The molecule has 0 saturated carbocycles. The molecule has 3 heteroatoms. The quantitative estimate of drug-likeness (QED) is 0.628. The maximum absolute atomic E-state index is 9.14. The molecule has 3 aromatic rings. The van der Waals surface area contributed by atoms with Crippen LogP contribution in [0.3, 0.4) is 0 Å². The van der Waals surface area contributed by atoms with E-state index in [1.54, 1.807) is 0 Å². The zero-order chi connectivity index (χ0) is 15.4. The fraction of sp³-hybridized carbons (Fsp3) is 0.150. The van der Waals surface area contributed by atoms with E-state index in [2.05, 4.69) is 58.3 Å². The topological polar surface area (TPSA) is 30.3 Å². The molecule has 0 saturated heterocycles. The average Bonchev–Trinajstić information content (AvgIpc) is 2.61. The number of hydrogen-bond acceptors (Lipinski definition) is 3. The zero-order valence-corrected chi connectivity index (χ0v) is 12.7. The summed E-state index contributed by atoms with van der Waals surface area (Å²) < 4.78 is 0. The molecule has 2 heterocycles. The van der Waals surface area contributed by atoms with Crippen molar-refractivity contribution in [3.63, 3.8) is 0 Å². The number of nitriles is 1. The molecule has 0 spiro atoms. The molecule has 0 radical (unpaired) electrons. The van der Waals surface area contributed by atoms with Crippen molar-refractivity contribution in [3.8, 4) is 6.07 Å². The van der Waals surface area contributed by atoms with Crippen LogP contribution in [-0.4, -0.2) is 6.67 Å². The maximum atomic E-state index is 9.14. The van der Waals surface area contributed by atoms with Gasteiger partial charge in [-0.15, -0.1) is 0 Å². The number of anilines is 2. The van der Waals surface area contributed by atoms with E-state index in [9.17, 15) is 0 Å². The molecule has 23 heavy (non-hydrogen) atoms. The van der Waals surface area contributed by atoms with E-state index in [0.717, 1.165) is 25.3 Å². The summed E-state index contributed by atoms with van der Waals surface area (Å²) in [5.41, 5.74) is 5.98. The first-order valence-corrected chi connectivity index (χ1v) is 7.87. The van der Waals surface area contributed by atoms with E-state index in [1.165, 1.54) is 33.3 Å². The monoisotopic (exact) mass is 297 g/mol. The SMILES string of the molecule is N#Cc1ccc2c(c1)CN1CN2Cc2c1ccc1ccccc21. The predicted molar refractivity (Wildman–Crippen MR) is 92.3 cm³/mol. The number of hydrogen-bond donors (Lipinski definition) is 0. The lowest BCUT2D eigenvalue weighted by molar-refractivity contribution is 0.653. The number of nitrogens with zero attached hydrogens (tertiary/aromatic N) is 3. The van der Waals surface area contributed by atoms with Crippen LogP contribution in [0.4, 0.5) is 11.4 Å². The molecule has 0 fully saturated rings. The lowest BCUT2D eigenvalue weighted by Crippen LogP contribution is -2.46. The Hall–Kier alpha value is -2.99. The summed E-state index contributed by atoms with van der Waals surface area (Å²) in [4.78, 5) is 4.82. The van der Waals surface area contributed by atoms with Crippen molar-refractivity contribution < 1.29 is 0 Å². The van der Waals surface area contributed by atoms with Gasteiger partial charge in [0.2, 0.25) is 0 Å². The smallest absolute Gasteiger partial charge is 0.0991 e. The van der Waals surface area contributed by atoms with Gasteiger partial charge in [0, 0.05) is 30.0 Å². The van der Waals surface area contributed by atoms with Gasteiger partial charge in [-0.05, 0) is 40.6 Å². The van der Waals surface area contributed by atoms with Gasteiger partial charge >= 0.3 is 0 Å². The molecule has 0 N–H and O–H groups in total. The third-order valence-corrected chi connectivity index (χ3v) is 4.96. The standard InChI is InChI=1S/C20H15N3/c21-10-14-5-7-19-16(9-14)11-22-13-23(19)12-18-17-4-2-1-3-15(17)6-8-20(18)22/h1-9H,11-13H2. The minimum atomic E-state index is 0.741. The third kappa shape index (κ3) is 1.75. The van der Waals surface area contributed by atoms with Crippen molar-refractivity contribution in [2.45, 2.75) is 13.1 Å². The van der Waals surface area contributed by atoms with Gasteiger partial charge in [0.15, 0.2) is 0 Å². The molecule has 110 valence electrons. The highest BCUT2D eigenvalue weighted by Crippen LogP contribution is 2.40. The number of benzene rings is 3. The van der Waals surface area contributed by atoms with Crippen LogP contribution < -0.4 is 9.80 Å². The van der Waals surface area contributed by atoms with Crippen LogP contribution in [0.15, 0.2) is 54.6 Å². The molecule has 0 aliphatic carbocycles. The molecular formula is C20H15N3. The van der Waals surface area contributed by atoms with Gasteiger partial charge in [-0.2, -0.15) is 5.26 Å². The van der Waals surface area contributed by atoms with E-state index in [4.69, 9.17) is 5.26 Å². The fourth-order valence-corrected chi connectivity index (χ4v) is 3.90. The van der Waals surface area contributed by atoms with Crippen molar-refractivity contribution in [1.82, 2.24) is 0 Å². The van der Waals surface area contributed by atoms with E-state index in [-0.39, 0.29) is 0 Å². The summed E-state index contributed by atoms with van der Waals surface area (Å²) in [6, 6.07) is 21.4. The highest BCUT2D eigenvalue weighted by atomic mass is 15.4. The van der Waals surface area contributed by atoms with Crippen LogP contribution in [0.1, 0.15) is 16.7 Å². The van der Waals surface area contributed by atoms with Gasteiger partial charge in [0.25, 0.3) is 0 Å². The van der Waals surface area contributed by atoms with Crippen molar-refractivity contribution in [3.05, 3.63) is 71.3 Å². The number of fused-ring (bicyclic) bond motifs is 8. The molecule has 0 unspecified atom stereocenters. The van der Waals surface area contributed by atoms with Gasteiger partial charge in [-0.25, -0.2) is 0 Å². The Morgan fingerprint density at radius 2 is 1.70 bits per heavy atom. The largest absolute Gasteiger partial charge is 0.349 e. The summed E-state index contributed by atoms with van der Waals surface area (Å²) >= 11 is 0. The van der Waals surface area contributed by atoms with Crippen LogP contribution in [0.5, 0.6) is 0 Å². The van der Waals surface area contributed by atoms with Crippen molar-refractivity contribution >= 4 is 22.1 Å². The van der Waals surface area contributed by atoms with Gasteiger partial charge < -0.3 is 9.80 Å². The van der Waals surface area contributed by atoms with E-state index in [0.29, 0.717) is 0 Å². The van der Waals surface area contributed by atoms with Crippen LogP contribution in [0.25, 0.3) is 10.8 Å². The van der Waals surface area contributed by atoms with Crippen molar-refractivity contribution in [2.24, 2.45) is 0 Å². The molecule has 2 aliphatic heterocycles. The first kappa shape index (κ1) is 12.5. The highest BCUT2D eigenvalue weighted by Gasteiger charge is 2.30. The van der Waals surface area contributed by atoms with Crippen molar-refractivity contribution in [1.29, 1.82) is 5.26 Å². The van der Waals surface area contributed by atoms with Gasteiger partial charge in [-0.3, -0.25) is 0 Å². The summed E-state index contributed by atoms with van der Waals surface area (Å²) in [5, 5.41) is 11.8. The van der Waals surface area contributed by atoms with Gasteiger partial charge in [0.05, 0.1) is 18.3 Å². The van der Waals surface area contributed by atoms with E-state index in [1.807, 2.05) is 12.1 Å². The summed E-state index contributed by atoms with van der Waals surface area (Å²) in [7, 11) is 0. The Morgan fingerprint density at radius 3 is 2.61 bits per heavy atom. The Morgan fingerprint density at radius 1 is 0.870 bits per heavy atom. The van der Waals surface area contributed by atoms with Crippen LogP contribution in [-0.2, 0) is 13.1 Å². The lowest BCUT2D eigenvalue weighted by Gasteiger charge is -2.45. The molecular weight excluding hydrogens is 282 g/mol. The normalized spacial score (nSPS) is 15.1. The second-order valence-corrected chi connectivity index (χ2v) is 6.28. The van der Waals surface area contributed by atoms with Crippen LogP contribution in [0, 0.1) is 11.3 Å². The summed E-state index contributed by atoms with van der Waals surface area (Å²) in [5.74, 6) is 0. The second kappa shape index (κ2) is 4.50. The first-order chi connectivity index (χ1) is 11.3. The molecule has 0 amide bonds. The van der Waals surface area contributed by atoms with Crippen molar-refractivity contribution in [2.75, 3.05) is 16.5 Å². The molecule has 5 rings (SSSR count). The average molecular weight is 297 g/mol. The van der Waals surface area contributed by atoms with Gasteiger partial charge in [0.1, 0.15) is 0 Å². The summed E-state index contributed by atoms with van der Waals surface area (Å²) in [6.07, 6.45) is 0. The zero-order valence-electron chi connectivity index (χ0n) is 12.7.